The van der Waals surface area contributed by atoms with Crippen LogP contribution in [0.3, 0.4) is 0 Å². The van der Waals surface area contributed by atoms with Gasteiger partial charge in [0.15, 0.2) is 4.90 Å². The van der Waals surface area contributed by atoms with E-state index in [4.69, 9.17) is 9.72 Å². The molecule has 0 bridgehead atoms. The van der Waals surface area contributed by atoms with Gasteiger partial charge in [0.25, 0.3) is 0 Å². The predicted octanol–water partition coefficient (Wildman–Crippen LogP) is 3.08. The molecule has 5 rings (SSSR count). The molecular formula is C21H24FN3O2S. The molecule has 1 aromatic heterocycles. The van der Waals surface area contributed by atoms with Crippen LogP contribution < -0.4 is 10.2 Å². The highest BCUT2D eigenvalue weighted by molar-refractivity contribution is 7.91. The fraction of sp³-hybridized carbons (Fsp3) is 0.476. The summed E-state index contributed by atoms with van der Waals surface area (Å²) >= 11 is -0.968. The lowest BCUT2D eigenvalue weighted by molar-refractivity contribution is 0.0904. The first kappa shape index (κ1) is 18.2. The Balaban J connectivity index is 1.35. The third-order valence-electron chi connectivity index (χ3n) is 5.91. The van der Waals surface area contributed by atoms with E-state index in [2.05, 4.69) is 16.3 Å². The first-order chi connectivity index (χ1) is 13.7. The minimum Gasteiger partial charge on any atom is -0.611 e. The summed E-state index contributed by atoms with van der Waals surface area (Å²) in [5.41, 5.74) is 3.11. The second-order valence-electron chi connectivity index (χ2n) is 7.79. The van der Waals surface area contributed by atoms with Crippen molar-refractivity contribution in [1.29, 1.82) is 0 Å². The molecule has 7 heteroatoms. The van der Waals surface area contributed by atoms with Crippen LogP contribution in [0.4, 0.5) is 15.9 Å². The topological polar surface area (TPSA) is 60.5 Å². The molecule has 0 unspecified atom stereocenters. The third kappa shape index (κ3) is 3.47. The number of ether oxygens (including phenoxy) is 1. The summed E-state index contributed by atoms with van der Waals surface area (Å²) in [7, 11) is 0. The Hall–Kier alpha value is -1.83. The number of aryl methyl sites for hydroxylation is 1. The van der Waals surface area contributed by atoms with Crippen molar-refractivity contribution in [2.75, 3.05) is 42.3 Å². The van der Waals surface area contributed by atoms with Gasteiger partial charge in [-0.2, -0.15) is 0 Å². The van der Waals surface area contributed by atoms with Gasteiger partial charge in [0.05, 0.1) is 5.69 Å². The lowest BCUT2D eigenvalue weighted by Crippen LogP contribution is -2.45. The van der Waals surface area contributed by atoms with E-state index in [1.807, 2.05) is 12.1 Å². The van der Waals surface area contributed by atoms with Gasteiger partial charge in [0.1, 0.15) is 23.1 Å². The standard InChI is InChI=1S/C21H24FN3O2S/c22-16-3-1-14(2-4-16)15-12-25(13-15)20-11-19(23-17-5-8-27-9-6-17)21-18(24-20)7-10-28(21)26/h1-4,11,15,17H,5-10,12-13H2,(H,23,24)/t28-/m1/s1. The fourth-order valence-corrected chi connectivity index (χ4v) is 5.59. The number of benzene rings is 1. The van der Waals surface area contributed by atoms with E-state index in [0.29, 0.717) is 17.7 Å². The monoisotopic (exact) mass is 401 g/mol. The second kappa shape index (κ2) is 7.54. The Bertz CT molecular complexity index is 851. The molecule has 28 heavy (non-hydrogen) atoms. The van der Waals surface area contributed by atoms with E-state index in [-0.39, 0.29) is 5.82 Å². The van der Waals surface area contributed by atoms with Crippen LogP contribution in [0.5, 0.6) is 0 Å². The van der Waals surface area contributed by atoms with Crippen molar-refractivity contribution in [3.8, 4) is 0 Å². The SMILES string of the molecule is [O-][S@+]1CCc2nc(N3CC(c4ccc(F)cc4)C3)cc(NC3CCOCC3)c21. The van der Waals surface area contributed by atoms with Crippen molar-refractivity contribution in [3.63, 3.8) is 0 Å². The first-order valence-corrected chi connectivity index (χ1v) is 11.3. The van der Waals surface area contributed by atoms with Crippen molar-refractivity contribution in [1.82, 2.24) is 4.98 Å². The van der Waals surface area contributed by atoms with Crippen molar-refractivity contribution in [2.24, 2.45) is 0 Å². The molecule has 2 fully saturated rings. The lowest BCUT2D eigenvalue weighted by atomic mass is 9.91. The normalized spacial score (nSPS) is 22.8. The van der Waals surface area contributed by atoms with Crippen molar-refractivity contribution >= 4 is 22.7 Å². The Morgan fingerprint density at radius 3 is 2.68 bits per heavy atom. The van der Waals surface area contributed by atoms with E-state index in [9.17, 15) is 8.94 Å². The predicted molar refractivity (Wildman–Crippen MR) is 108 cm³/mol. The molecule has 1 N–H and O–H groups in total. The Kier molecular flexibility index (Phi) is 4.90. The van der Waals surface area contributed by atoms with Gasteiger partial charge in [-0.15, -0.1) is 0 Å². The number of anilines is 2. The summed E-state index contributed by atoms with van der Waals surface area (Å²) in [6.45, 7) is 3.28. The van der Waals surface area contributed by atoms with Gasteiger partial charge >= 0.3 is 0 Å². The molecule has 0 saturated carbocycles. The molecule has 1 aromatic carbocycles. The molecule has 4 heterocycles. The van der Waals surface area contributed by atoms with Crippen LogP contribution in [0.15, 0.2) is 35.2 Å². The molecule has 5 nitrogen and oxygen atoms in total. The highest BCUT2D eigenvalue weighted by atomic mass is 32.2. The number of hydrogen-bond acceptors (Lipinski definition) is 5. The van der Waals surface area contributed by atoms with Gasteiger partial charge in [-0.1, -0.05) is 12.1 Å². The highest BCUT2D eigenvalue weighted by Crippen LogP contribution is 2.38. The molecule has 1 atom stereocenters. The van der Waals surface area contributed by atoms with E-state index >= 15 is 0 Å². The van der Waals surface area contributed by atoms with Crippen molar-refractivity contribution < 1.29 is 13.7 Å². The van der Waals surface area contributed by atoms with Gasteiger partial charge in [-0.25, -0.2) is 9.37 Å². The number of halogens is 1. The Labute approximate surface area is 167 Å². The molecule has 2 saturated heterocycles. The van der Waals surface area contributed by atoms with Crippen LogP contribution in [0.25, 0.3) is 0 Å². The molecule has 3 aliphatic rings. The Morgan fingerprint density at radius 2 is 1.93 bits per heavy atom. The zero-order valence-corrected chi connectivity index (χ0v) is 16.5. The lowest BCUT2D eigenvalue weighted by Gasteiger charge is -2.41. The Morgan fingerprint density at radius 1 is 1.18 bits per heavy atom. The summed E-state index contributed by atoms with van der Waals surface area (Å²) in [5.74, 6) is 1.81. The summed E-state index contributed by atoms with van der Waals surface area (Å²) in [6.07, 6.45) is 2.71. The summed E-state index contributed by atoms with van der Waals surface area (Å²) in [5, 5.41) is 3.62. The van der Waals surface area contributed by atoms with Gasteiger partial charge in [-0.3, -0.25) is 0 Å². The fourth-order valence-electron chi connectivity index (χ4n) is 4.23. The summed E-state index contributed by atoms with van der Waals surface area (Å²) in [6, 6.07) is 9.21. The molecule has 0 spiro atoms. The van der Waals surface area contributed by atoms with E-state index in [1.165, 1.54) is 17.7 Å². The van der Waals surface area contributed by atoms with E-state index < -0.39 is 11.2 Å². The number of nitrogens with one attached hydrogen (secondary N) is 1. The van der Waals surface area contributed by atoms with Gasteiger partial charge in [-0.05, 0) is 41.7 Å². The highest BCUT2D eigenvalue weighted by Gasteiger charge is 2.35. The van der Waals surface area contributed by atoms with Gasteiger partial charge in [0, 0.05) is 50.8 Å². The number of pyridine rings is 1. The van der Waals surface area contributed by atoms with Gasteiger partial charge < -0.3 is 19.5 Å². The number of rotatable bonds is 4. The van der Waals surface area contributed by atoms with Crippen LogP contribution in [0.2, 0.25) is 0 Å². The van der Waals surface area contributed by atoms with Crippen molar-refractivity contribution in [3.05, 3.63) is 47.4 Å². The van der Waals surface area contributed by atoms with Crippen LogP contribution in [-0.2, 0) is 22.3 Å². The molecule has 2 aromatic rings. The van der Waals surface area contributed by atoms with Crippen LogP contribution >= 0.6 is 0 Å². The quantitative estimate of drug-likeness (QED) is 0.798. The maximum atomic E-state index is 13.1. The zero-order valence-electron chi connectivity index (χ0n) is 15.7. The molecule has 0 aliphatic carbocycles. The van der Waals surface area contributed by atoms with Crippen LogP contribution in [0.1, 0.15) is 30.0 Å². The van der Waals surface area contributed by atoms with Crippen molar-refractivity contribution in [2.45, 2.75) is 36.1 Å². The van der Waals surface area contributed by atoms with E-state index in [0.717, 1.165) is 67.7 Å². The number of fused-ring (bicyclic) bond motifs is 1. The molecule has 148 valence electrons. The molecule has 3 aliphatic heterocycles. The van der Waals surface area contributed by atoms with Crippen LogP contribution in [0, 0.1) is 5.82 Å². The maximum absolute atomic E-state index is 13.1. The summed E-state index contributed by atoms with van der Waals surface area (Å²) in [4.78, 5) is 7.98. The third-order valence-corrected chi connectivity index (χ3v) is 7.40. The van der Waals surface area contributed by atoms with Crippen LogP contribution in [-0.4, -0.2) is 47.6 Å². The molecular weight excluding hydrogens is 377 g/mol. The largest absolute Gasteiger partial charge is 0.611 e. The maximum Gasteiger partial charge on any atom is 0.197 e. The number of hydrogen-bond donors (Lipinski definition) is 1. The smallest absolute Gasteiger partial charge is 0.197 e. The van der Waals surface area contributed by atoms with E-state index in [1.54, 1.807) is 0 Å². The molecule has 0 radical (unpaired) electrons. The average molecular weight is 402 g/mol. The summed E-state index contributed by atoms with van der Waals surface area (Å²) < 4.78 is 31.1. The number of aromatic nitrogens is 1. The minimum atomic E-state index is -0.968. The second-order valence-corrected chi connectivity index (χ2v) is 9.30. The average Bonchev–Trinajstić information content (AvgIpc) is 3.04. The zero-order chi connectivity index (χ0) is 19.1. The minimum absolute atomic E-state index is 0.197. The molecule has 0 amide bonds. The van der Waals surface area contributed by atoms with Gasteiger partial charge in [0.2, 0.25) is 0 Å². The first-order valence-electron chi connectivity index (χ1n) is 9.94. The number of nitrogens with zero attached hydrogens (tertiary/aromatic N) is 2.